The van der Waals surface area contributed by atoms with Gasteiger partial charge in [-0.2, -0.15) is 5.10 Å². The molecule has 0 saturated carbocycles. The first-order valence-corrected chi connectivity index (χ1v) is 8.10. The number of guanidine groups is 1. The van der Waals surface area contributed by atoms with Crippen LogP contribution in [0.1, 0.15) is 24.1 Å². The minimum absolute atomic E-state index is 0. The van der Waals surface area contributed by atoms with Gasteiger partial charge in [-0.15, -0.1) is 24.0 Å². The smallest absolute Gasteiger partial charge is 0.191 e. The summed E-state index contributed by atoms with van der Waals surface area (Å²) in [4.78, 5) is 4.27. The Labute approximate surface area is 163 Å². The van der Waals surface area contributed by atoms with E-state index in [1.54, 1.807) is 7.05 Å². The van der Waals surface area contributed by atoms with E-state index in [-0.39, 0.29) is 30.0 Å². The predicted octanol–water partition coefficient (Wildman–Crippen LogP) is 3.50. The topological polar surface area (TPSA) is 54.2 Å². The highest BCUT2D eigenvalue weighted by Crippen LogP contribution is 2.22. The summed E-state index contributed by atoms with van der Waals surface area (Å²) >= 11 is 3.58. The second-order valence-corrected chi connectivity index (χ2v) is 6.02. The van der Waals surface area contributed by atoms with Gasteiger partial charge < -0.3 is 10.6 Å². The lowest BCUT2D eigenvalue weighted by Gasteiger charge is -2.19. The van der Waals surface area contributed by atoms with E-state index in [1.807, 2.05) is 42.2 Å². The maximum absolute atomic E-state index is 4.27. The van der Waals surface area contributed by atoms with Gasteiger partial charge in [0.05, 0.1) is 18.8 Å². The van der Waals surface area contributed by atoms with E-state index >= 15 is 0 Å². The molecule has 1 heterocycles. The molecule has 1 aromatic heterocycles. The van der Waals surface area contributed by atoms with Gasteiger partial charge in [0.1, 0.15) is 0 Å². The van der Waals surface area contributed by atoms with Crippen LogP contribution in [0.2, 0.25) is 0 Å². The molecule has 1 atom stereocenters. The van der Waals surface area contributed by atoms with E-state index < -0.39 is 0 Å². The number of benzene rings is 1. The third-order valence-electron chi connectivity index (χ3n) is 3.34. The molecular formula is C16H23BrIN5. The van der Waals surface area contributed by atoms with Crippen LogP contribution in [-0.4, -0.2) is 29.3 Å². The molecule has 0 aliphatic rings. The summed E-state index contributed by atoms with van der Waals surface area (Å²) in [5, 5.41) is 11.0. The van der Waals surface area contributed by atoms with Crippen LogP contribution in [0.5, 0.6) is 0 Å². The van der Waals surface area contributed by atoms with Crippen LogP contribution >= 0.6 is 39.9 Å². The van der Waals surface area contributed by atoms with Gasteiger partial charge in [-0.1, -0.05) is 34.1 Å². The monoisotopic (exact) mass is 491 g/mol. The molecule has 7 heteroatoms. The Balaban J connectivity index is 0.00000264. The molecule has 0 bridgehead atoms. The van der Waals surface area contributed by atoms with E-state index in [1.165, 1.54) is 11.1 Å². The Morgan fingerprint density at radius 3 is 2.74 bits per heavy atom. The fourth-order valence-electron chi connectivity index (χ4n) is 2.18. The Hall–Kier alpha value is -1.09. The highest BCUT2D eigenvalue weighted by atomic mass is 127. The molecule has 0 spiro atoms. The quantitative estimate of drug-likeness (QED) is 0.382. The standard InChI is InChI=1S/C16H22BrN5.HI/c1-12-10-20-22(11-12)9-8-19-16(18-3)21-13(2)14-6-4-5-7-15(14)17;/h4-7,10-11,13H,8-9H2,1-3H3,(H2,18,19,21);1H. The minimum atomic E-state index is 0. The number of nitrogens with zero attached hydrogens (tertiary/aromatic N) is 3. The van der Waals surface area contributed by atoms with Gasteiger partial charge in [0.25, 0.3) is 0 Å². The lowest BCUT2D eigenvalue weighted by Crippen LogP contribution is -2.40. The van der Waals surface area contributed by atoms with Crippen molar-refractivity contribution >= 4 is 45.9 Å². The molecule has 2 rings (SSSR count). The van der Waals surface area contributed by atoms with Crippen molar-refractivity contribution in [1.82, 2.24) is 20.4 Å². The number of halogens is 2. The molecular weight excluding hydrogens is 469 g/mol. The lowest BCUT2D eigenvalue weighted by atomic mass is 10.1. The first kappa shape index (κ1) is 20.0. The molecule has 0 aliphatic heterocycles. The number of aryl methyl sites for hydroxylation is 1. The number of rotatable bonds is 5. The van der Waals surface area contributed by atoms with Crippen molar-refractivity contribution in [2.45, 2.75) is 26.4 Å². The van der Waals surface area contributed by atoms with Gasteiger partial charge in [-0.3, -0.25) is 9.67 Å². The van der Waals surface area contributed by atoms with E-state index in [0.717, 1.165) is 23.5 Å². The van der Waals surface area contributed by atoms with Crippen molar-refractivity contribution < 1.29 is 0 Å². The number of hydrogen-bond donors (Lipinski definition) is 2. The zero-order valence-corrected chi connectivity index (χ0v) is 17.5. The van der Waals surface area contributed by atoms with Crippen LogP contribution in [-0.2, 0) is 6.54 Å². The van der Waals surface area contributed by atoms with Gasteiger partial charge in [0, 0.05) is 24.3 Å². The zero-order valence-electron chi connectivity index (χ0n) is 13.6. The zero-order chi connectivity index (χ0) is 15.9. The average molecular weight is 492 g/mol. The Bertz CT molecular complexity index is 641. The Kier molecular flexibility index (Phi) is 8.60. The van der Waals surface area contributed by atoms with Crippen molar-refractivity contribution in [3.05, 3.63) is 52.3 Å². The largest absolute Gasteiger partial charge is 0.355 e. The maximum atomic E-state index is 4.27. The van der Waals surface area contributed by atoms with Crippen molar-refractivity contribution in [2.24, 2.45) is 4.99 Å². The van der Waals surface area contributed by atoms with Gasteiger partial charge in [0.15, 0.2) is 5.96 Å². The molecule has 0 saturated heterocycles. The lowest BCUT2D eigenvalue weighted by molar-refractivity contribution is 0.591. The van der Waals surface area contributed by atoms with Crippen molar-refractivity contribution in [2.75, 3.05) is 13.6 Å². The first-order chi connectivity index (χ1) is 10.6. The molecule has 23 heavy (non-hydrogen) atoms. The molecule has 0 fully saturated rings. The summed E-state index contributed by atoms with van der Waals surface area (Å²) in [6.07, 6.45) is 3.89. The van der Waals surface area contributed by atoms with Gasteiger partial charge in [0.2, 0.25) is 0 Å². The third kappa shape index (κ3) is 6.14. The molecule has 2 aromatic rings. The summed E-state index contributed by atoms with van der Waals surface area (Å²) < 4.78 is 3.02. The molecule has 0 aliphatic carbocycles. The van der Waals surface area contributed by atoms with Crippen molar-refractivity contribution in [3.8, 4) is 0 Å². The van der Waals surface area contributed by atoms with Gasteiger partial charge >= 0.3 is 0 Å². The van der Waals surface area contributed by atoms with E-state index in [2.05, 4.69) is 49.6 Å². The van der Waals surface area contributed by atoms with Crippen LogP contribution in [0.4, 0.5) is 0 Å². The van der Waals surface area contributed by atoms with Crippen LogP contribution in [0.15, 0.2) is 46.1 Å². The SMILES string of the molecule is CN=C(NCCn1cc(C)cn1)NC(C)c1ccccc1Br.I. The van der Waals surface area contributed by atoms with E-state index in [0.29, 0.717) is 0 Å². The van der Waals surface area contributed by atoms with Gasteiger partial charge in [-0.25, -0.2) is 0 Å². The van der Waals surface area contributed by atoms with E-state index in [9.17, 15) is 0 Å². The van der Waals surface area contributed by atoms with Crippen LogP contribution in [0, 0.1) is 6.92 Å². The summed E-state index contributed by atoms with van der Waals surface area (Å²) in [6, 6.07) is 8.35. The highest BCUT2D eigenvalue weighted by Gasteiger charge is 2.10. The second-order valence-electron chi connectivity index (χ2n) is 5.17. The van der Waals surface area contributed by atoms with Gasteiger partial charge in [-0.05, 0) is 31.0 Å². The fraction of sp³-hybridized carbons (Fsp3) is 0.375. The van der Waals surface area contributed by atoms with Crippen molar-refractivity contribution in [3.63, 3.8) is 0 Å². The first-order valence-electron chi connectivity index (χ1n) is 7.31. The van der Waals surface area contributed by atoms with E-state index in [4.69, 9.17) is 0 Å². The number of nitrogens with one attached hydrogen (secondary N) is 2. The molecule has 1 aromatic carbocycles. The van der Waals surface area contributed by atoms with Crippen molar-refractivity contribution in [1.29, 1.82) is 0 Å². The number of aliphatic imine (C=N–C) groups is 1. The Morgan fingerprint density at radius 1 is 1.39 bits per heavy atom. The average Bonchev–Trinajstić information content (AvgIpc) is 2.92. The predicted molar refractivity (Wildman–Crippen MR) is 109 cm³/mol. The number of hydrogen-bond acceptors (Lipinski definition) is 2. The third-order valence-corrected chi connectivity index (χ3v) is 4.07. The molecule has 5 nitrogen and oxygen atoms in total. The normalized spacial score (nSPS) is 12.4. The molecule has 2 N–H and O–H groups in total. The Morgan fingerprint density at radius 2 is 2.13 bits per heavy atom. The highest BCUT2D eigenvalue weighted by molar-refractivity contribution is 14.0. The molecule has 0 amide bonds. The summed E-state index contributed by atoms with van der Waals surface area (Å²) in [5.41, 5.74) is 2.37. The summed E-state index contributed by atoms with van der Waals surface area (Å²) in [5.74, 6) is 0.784. The summed E-state index contributed by atoms with van der Waals surface area (Å²) in [6.45, 7) is 5.72. The van der Waals surface area contributed by atoms with Crippen LogP contribution in [0.25, 0.3) is 0 Å². The summed E-state index contributed by atoms with van der Waals surface area (Å²) in [7, 11) is 1.78. The van der Waals surface area contributed by atoms with Crippen LogP contribution in [0.3, 0.4) is 0 Å². The maximum Gasteiger partial charge on any atom is 0.191 e. The second kappa shape index (κ2) is 9.92. The van der Waals surface area contributed by atoms with Crippen LogP contribution < -0.4 is 10.6 Å². The molecule has 126 valence electrons. The molecule has 1 unspecified atom stereocenters. The minimum Gasteiger partial charge on any atom is -0.355 e. The number of aromatic nitrogens is 2. The molecule has 0 radical (unpaired) electrons. The fourth-order valence-corrected chi connectivity index (χ4v) is 2.81.